The highest BCUT2D eigenvalue weighted by atomic mass is 32.2. The summed E-state index contributed by atoms with van der Waals surface area (Å²) >= 11 is 3.05. The lowest BCUT2D eigenvalue weighted by molar-refractivity contribution is -0.138. The fraction of sp³-hybridized carbons (Fsp3) is 0.800. The van der Waals surface area contributed by atoms with Crippen molar-refractivity contribution in [3.8, 4) is 0 Å². The first kappa shape index (κ1) is 15.3. The molecule has 2 heterocycles. The molecule has 6 heteroatoms. The topological polar surface area (TPSA) is 46.1 Å². The molecule has 1 saturated heterocycles. The van der Waals surface area contributed by atoms with Gasteiger partial charge in [-0.05, 0) is 44.4 Å². The Kier molecular flexibility index (Phi) is 4.84. The first-order valence-corrected chi connectivity index (χ1v) is 9.66. The normalized spacial score (nSPS) is 30.8. The van der Waals surface area contributed by atoms with Gasteiger partial charge in [-0.15, -0.1) is 10.2 Å². The Labute approximate surface area is 134 Å². The number of rotatable bonds is 3. The van der Waals surface area contributed by atoms with Crippen LogP contribution in [-0.4, -0.2) is 38.8 Å². The molecule has 0 aromatic carbocycles. The average molecular weight is 326 g/mol. The maximum absolute atomic E-state index is 12.9. The molecular weight excluding hydrogens is 302 g/mol. The second kappa shape index (κ2) is 6.65. The second-order valence-electron chi connectivity index (χ2n) is 6.30. The minimum absolute atomic E-state index is 0.0640. The Balaban J connectivity index is 1.70. The highest BCUT2D eigenvalue weighted by molar-refractivity contribution is 8.02. The van der Waals surface area contributed by atoms with Crippen molar-refractivity contribution in [3.05, 3.63) is 5.51 Å². The number of carbonyl (C=O) groups is 1. The zero-order valence-corrected chi connectivity index (χ0v) is 14.3. The number of amides is 1. The van der Waals surface area contributed by atoms with Crippen molar-refractivity contribution in [2.24, 2.45) is 11.8 Å². The first-order chi connectivity index (χ1) is 10.2. The van der Waals surface area contributed by atoms with E-state index in [9.17, 15) is 4.79 Å². The third kappa shape index (κ3) is 3.26. The molecule has 1 amide bonds. The van der Waals surface area contributed by atoms with E-state index in [2.05, 4.69) is 22.0 Å². The van der Waals surface area contributed by atoms with Gasteiger partial charge in [-0.25, -0.2) is 0 Å². The smallest absolute Gasteiger partial charge is 0.236 e. The molecule has 2 fully saturated rings. The van der Waals surface area contributed by atoms with Crippen LogP contribution in [0.15, 0.2) is 9.85 Å². The zero-order valence-electron chi connectivity index (χ0n) is 12.7. The molecule has 3 rings (SSSR count). The lowest BCUT2D eigenvalue weighted by Crippen LogP contribution is -2.54. The number of aromatic nitrogens is 2. The van der Waals surface area contributed by atoms with Gasteiger partial charge in [0.05, 0.1) is 5.25 Å². The molecule has 1 aliphatic heterocycles. The monoisotopic (exact) mass is 325 g/mol. The second-order valence-corrected chi connectivity index (χ2v) is 8.72. The SMILES string of the molecule is CC(Sc1nncs1)C(=O)N1CCCC2CCCC(C)C21. The van der Waals surface area contributed by atoms with Crippen molar-refractivity contribution < 1.29 is 4.79 Å². The van der Waals surface area contributed by atoms with E-state index in [-0.39, 0.29) is 5.25 Å². The number of thioether (sulfide) groups is 1. The van der Waals surface area contributed by atoms with E-state index in [1.165, 1.54) is 37.0 Å². The Bertz CT molecular complexity index is 477. The maximum atomic E-state index is 12.9. The summed E-state index contributed by atoms with van der Waals surface area (Å²) in [4.78, 5) is 15.1. The number of nitrogens with zero attached hydrogens (tertiary/aromatic N) is 3. The van der Waals surface area contributed by atoms with Crippen molar-refractivity contribution in [1.29, 1.82) is 0 Å². The van der Waals surface area contributed by atoms with Gasteiger partial charge in [0.2, 0.25) is 5.91 Å². The number of hydrogen-bond acceptors (Lipinski definition) is 5. The van der Waals surface area contributed by atoms with E-state index in [1.807, 2.05) is 6.92 Å². The van der Waals surface area contributed by atoms with Gasteiger partial charge in [-0.2, -0.15) is 0 Å². The van der Waals surface area contributed by atoms with Crippen molar-refractivity contribution in [2.45, 2.75) is 61.6 Å². The van der Waals surface area contributed by atoms with Gasteiger partial charge in [-0.3, -0.25) is 4.79 Å². The summed E-state index contributed by atoms with van der Waals surface area (Å²) in [5.41, 5.74) is 1.72. The fourth-order valence-corrected chi connectivity index (χ4v) is 5.66. The van der Waals surface area contributed by atoms with Gasteiger partial charge in [0.25, 0.3) is 0 Å². The average Bonchev–Trinajstić information content (AvgIpc) is 2.99. The van der Waals surface area contributed by atoms with Crippen LogP contribution in [0.4, 0.5) is 0 Å². The summed E-state index contributed by atoms with van der Waals surface area (Å²) in [5.74, 6) is 1.66. The molecule has 1 aliphatic carbocycles. The first-order valence-electron chi connectivity index (χ1n) is 7.90. The molecule has 116 valence electrons. The van der Waals surface area contributed by atoms with Crippen LogP contribution in [0.1, 0.15) is 46.0 Å². The Hall–Kier alpha value is -0.620. The standard InChI is InChI=1S/C15H23N3OS2/c1-10-5-3-6-12-7-4-8-18(13(10)12)14(19)11(2)21-15-17-16-9-20-15/h9-13H,3-8H2,1-2H3. The van der Waals surface area contributed by atoms with E-state index in [0.717, 1.165) is 23.2 Å². The maximum Gasteiger partial charge on any atom is 0.236 e. The highest BCUT2D eigenvalue weighted by Gasteiger charge is 2.40. The van der Waals surface area contributed by atoms with Crippen molar-refractivity contribution in [3.63, 3.8) is 0 Å². The molecule has 4 atom stereocenters. The largest absolute Gasteiger partial charge is 0.338 e. The third-order valence-electron chi connectivity index (χ3n) is 4.88. The number of carbonyl (C=O) groups excluding carboxylic acids is 1. The van der Waals surface area contributed by atoms with Crippen molar-refractivity contribution in [1.82, 2.24) is 15.1 Å². The van der Waals surface area contributed by atoms with E-state index in [0.29, 0.717) is 17.9 Å². The number of piperidine rings is 1. The molecule has 0 N–H and O–H groups in total. The quantitative estimate of drug-likeness (QED) is 0.799. The molecule has 4 nitrogen and oxygen atoms in total. The minimum atomic E-state index is -0.0640. The van der Waals surface area contributed by atoms with E-state index in [1.54, 1.807) is 17.3 Å². The Morgan fingerprint density at radius 3 is 3.00 bits per heavy atom. The molecule has 1 aromatic rings. The van der Waals surface area contributed by atoms with Crippen LogP contribution < -0.4 is 0 Å². The molecule has 0 bridgehead atoms. The van der Waals surface area contributed by atoms with Gasteiger partial charge in [0.15, 0.2) is 4.34 Å². The fourth-order valence-electron chi connectivity index (χ4n) is 3.96. The van der Waals surface area contributed by atoms with Crippen LogP contribution in [0.3, 0.4) is 0 Å². The molecular formula is C15H23N3OS2. The van der Waals surface area contributed by atoms with Gasteiger partial charge < -0.3 is 4.90 Å². The van der Waals surface area contributed by atoms with Crippen LogP contribution in [0.25, 0.3) is 0 Å². The highest BCUT2D eigenvalue weighted by Crippen LogP contribution is 2.39. The lowest BCUT2D eigenvalue weighted by Gasteiger charge is -2.48. The molecule has 1 aromatic heterocycles. The van der Waals surface area contributed by atoms with Crippen LogP contribution in [-0.2, 0) is 4.79 Å². The molecule has 0 spiro atoms. The number of fused-ring (bicyclic) bond motifs is 1. The predicted molar refractivity (Wildman–Crippen MR) is 86.5 cm³/mol. The third-order valence-corrected chi connectivity index (χ3v) is 6.78. The van der Waals surface area contributed by atoms with Crippen LogP contribution in [0.5, 0.6) is 0 Å². The number of hydrogen-bond donors (Lipinski definition) is 0. The lowest BCUT2D eigenvalue weighted by atomic mass is 9.73. The van der Waals surface area contributed by atoms with E-state index < -0.39 is 0 Å². The summed E-state index contributed by atoms with van der Waals surface area (Å²) in [7, 11) is 0. The van der Waals surface area contributed by atoms with Gasteiger partial charge in [-0.1, -0.05) is 36.4 Å². The van der Waals surface area contributed by atoms with Crippen LogP contribution in [0, 0.1) is 11.8 Å². The van der Waals surface area contributed by atoms with Gasteiger partial charge >= 0.3 is 0 Å². The van der Waals surface area contributed by atoms with Crippen molar-refractivity contribution in [2.75, 3.05) is 6.54 Å². The van der Waals surface area contributed by atoms with Crippen molar-refractivity contribution >= 4 is 29.0 Å². The van der Waals surface area contributed by atoms with E-state index >= 15 is 0 Å². The molecule has 0 radical (unpaired) electrons. The summed E-state index contributed by atoms with van der Waals surface area (Å²) in [5, 5.41) is 7.82. The Morgan fingerprint density at radius 2 is 2.24 bits per heavy atom. The summed E-state index contributed by atoms with van der Waals surface area (Å²) in [6.45, 7) is 5.27. The summed E-state index contributed by atoms with van der Waals surface area (Å²) in [6.07, 6.45) is 6.37. The van der Waals surface area contributed by atoms with Gasteiger partial charge in [0.1, 0.15) is 5.51 Å². The summed E-state index contributed by atoms with van der Waals surface area (Å²) in [6, 6.07) is 0.470. The zero-order chi connectivity index (χ0) is 14.8. The van der Waals surface area contributed by atoms with Crippen LogP contribution in [0.2, 0.25) is 0 Å². The molecule has 1 saturated carbocycles. The minimum Gasteiger partial charge on any atom is -0.338 e. The number of likely N-dealkylation sites (tertiary alicyclic amines) is 1. The van der Waals surface area contributed by atoms with Crippen LogP contribution >= 0.6 is 23.1 Å². The molecule has 4 unspecified atom stereocenters. The predicted octanol–water partition coefficient (Wildman–Crippen LogP) is 3.45. The summed E-state index contributed by atoms with van der Waals surface area (Å²) < 4.78 is 0.890. The van der Waals surface area contributed by atoms with Gasteiger partial charge in [0, 0.05) is 12.6 Å². The molecule has 21 heavy (non-hydrogen) atoms. The Morgan fingerprint density at radius 1 is 1.43 bits per heavy atom. The molecule has 2 aliphatic rings. The van der Waals surface area contributed by atoms with E-state index in [4.69, 9.17) is 0 Å².